The lowest BCUT2D eigenvalue weighted by Gasteiger charge is -2.38. The molecule has 34 heavy (non-hydrogen) atoms. The third-order valence-corrected chi connectivity index (χ3v) is 9.03. The van der Waals surface area contributed by atoms with Crippen molar-refractivity contribution in [3.8, 4) is 0 Å². The quantitative estimate of drug-likeness (QED) is 0.518. The molecular weight excluding hydrogens is 434 g/mol. The highest BCUT2D eigenvalue weighted by atomic mass is 32.1. The minimum absolute atomic E-state index is 0.432. The molecule has 5 aliphatic rings. The molecule has 2 saturated carbocycles. The van der Waals surface area contributed by atoms with E-state index in [1.165, 1.54) is 79.4 Å². The summed E-state index contributed by atoms with van der Waals surface area (Å²) in [6, 6.07) is 4.69. The average molecular weight is 470 g/mol. The van der Waals surface area contributed by atoms with Gasteiger partial charge in [-0.1, -0.05) is 49.6 Å². The molecule has 0 unspecified atom stereocenters. The van der Waals surface area contributed by atoms with E-state index in [1.807, 2.05) is 5.38 Å². The summed E-state index contributed by atoms with van der Waals surface area (Å²) in [4.78, 5) is 3.74. The monoisotopic (exact) mass is 469 g/mol. The first kappa shape index (κ1) is 22.1. The molecule has 1 aromatic heterocycles. The summed E-state index contributed by atoms with van der Waals surface area (Å²) in [6.45, 7) is 0. The van der Waals surface area contributed by atoms with E-state index in [0.717, 1.165) is 30.4 Å². The molecule has 0 spiro atoms. The summed E-state index contributed by atoms with van der Waals surface area (Å²) in [5, 5.41) is 4.78. The lowest BCUT2D eigenvalue weighted by atomic mass is 9.70. The lowest BCUT2D eigenvalue weighted by Crippen LogP contribution is -2.30. The Balaban J connectivity index is 0.000000388. The molecule has 0 bridgehead atoms. The van der Waals surface area contributed by atoms with Gasteiger partial charge in [0.15, 0.2) is 0 Å². The molecule has 2 aromatic rings. The fraction of sp³-hybridized carbons (Fsp3) is 0.452. The van der Waals surface area contributed by atoms with Gasteiger partial charge in [0.05, 0.1) is 11.6 Å². The second-order valence-electron chi connectivity index (χ2n) is 10.4. The average Bonchev–Trinajstić information content (AvgIpc) is 3.44. The summed E-state index contributed by atoms with van der Waals surface area (Å²) in [5.74, 6) is 3.15. The number of nitrogens with zero attached hydrogens (tertiary/aromatic N) is 1. The Labute approximate surface area is 207 Å². The minimum atomic E-state index is 0.432. The molecule has 0 radical (unpaired) electrons. The zero-order valence-electron chi connectivity index (χ0n) is 20.0. The number of fused-ring (bicyclic) bond motifs is 4. The molecule has 2 nitrogen and oxygen atoms in total. The SMILES string of the molecule is C1=CC2=c3ccc4c(c3CC=C2CC1)CC=C(OC1CCC(C2CCC2)CC1)C=4.c1cscn1. The van der Waals surface area contributed by atoms with Crippen molar-refractivity contribution in [2.45, 2.75) is 76.7 Å². The van der Waals surface area contributed by atoms with Crippen LogP contribution in [0.3, 0.4) is 0 Å². The first-order valence-electron chi connectivity index (χ1n) is 13.3. The van der Waals surface area contributed by atoms with Gasteiger partial charge in [0.1, 0.15) is 5.76 Å². The highest BCUT2D eigenvalue weighted by Gasteiger charge is 2.31. The van der Waals surface area contributed by atoms with Gasteiger partial charge in [-0.15, -0.1) is 11.3 Å². The first-order chi connectivity index (χ1) is 16.8. The van der Waals surface area contributed by atoms with Gasteiger partial charge < -0.3 is 4.74 Å². The standard InChI is InChI=1S/C28H32O.C3H3NS/c1-2-7-25-21(4-1)10-15-28-26-17-14-24(18-22(26)11-16-27(25)28)29-23-12-8-20(9-13-23)19-5-3-6-19;1-2-5-3-4-1/h2,7,10-11,14,16,18-20,23H,1,3-6,8-9,12-13,15,17H2;1-3H. The predicted octanol–water partition coefficient (Wildman–Crippen LogP) is 6.41. The van der Waals surface area contributed by atoms with E-state index in [9.17, 15) is 0 Å². The van der Waals surface area contributed by atoms with Gasteiger partial charge >= 0.3 is 0 Å². The van der Waals surface area contributed by atoms with Crippen LogP contribution < -0.4 is 10.4 Å². The van der Waals surface area contributed by atoms with Crippen molar-refractivity contribution >= 4 is 23.0 Å². The summed E-state index contributed by atoms with van der Waals surface area (Å²) in [7, 11) is 0. The second-order valence-corrected chi connectivity index (χ2v) is 11.2. The number of hydrogen-bond acceptors (Lipinski definition) is 3. The summed E-state index contributed by atoms with van der Waals surface area (Å²) < 4.78 is 6.48. The fourth-order valence-electron chi connectivity index (χ4n) is 6.41. The van der Waals surface area contributed by atoms with Crippen LogP contribution in [-0.2, 0) is 17.6 Å². The van der Waals surface area contributed by atoms with Crippen molar-refractivity contribution in [1.82, 2.24) is 4.98 Å². The van der Waals surface area contributed by atoms with Gasteiger partial charge in [0.25, 0.3) is 0 Å². The van der Waals surface area contributed by atoms with E-state index >= 15 is 0 Å². The maximum absolute atomic E-state index is 6.48. The second kappa shape index (κ2) is 10.1. The van der Waals surface area contributed by atoms with Crippen molar-refractivity contribution in [1.29, 1.82) is 0 Å². The number of allylic oxidation sites excluding steroid dienone is 6. The van der Waals surface area contributed by atoms with E-state index in [-0.39, 0.29) is 0 Å². The molecule has 0 atom stereocenters. The van der Waals surface area contributed by atoms with Gasteiger partial charge in [0.2, 0.25) is 0 Å². The Morgan fingerprint density at radius 1 is 0.912 bits per heavy atom. The smallest absolute Gasteiger partial charge is 0.116 e. The van der Waals surface area contributed by atoms with Crippen LogP contribution in [0.5, 0.6) is 0 Å². The largest absolute Gasteiger partial charge is 0.491 e. The maximum atomic E-state index is 6.48. The van der Waals surface area contributed by atoms with E-state index in [4.69, 9.17) is 4.74 Å². The highest BCUT2D eigenvalue weighted by Crippen LogP contribution is 2.41. The van der Waals surface area contributed by atoms with Crippen molar-refractivity contribution in [3.05, 3.63) is 86.4 Å². The number of aromatic nitrogens is 1. The zero-order chi connectivity index (χ0) is 22.7. The molecule has 1 aromatic carbocycles. The number of thiazole rings is 1. The number of benzene rings is 1. The maximum Gasteiger partial charge on any atom is 0.116 e. The molecule has 3 heteroatoms. The Morgan fingerprint density at radius 2 is 1.76 bits per heavy atom. The molecule has 0 saturated heterocycles. The van der Waals surface area contributed by atoms with Gasteiger partial charge in [-0.05, 0) is 108 Å². The Morgan fingerprint density at radius 3 is 2.50 bits per heavy atom. The van der Waals surface area contributed by atoms with Crippen LogP contribution in [-0.4, -0.2) is 11.1 Å². The number of rotatable bonds is 3. The van der Waals surface area contributed by atoms with Crippen LogP contribution in [0.2, 0.25) is 0 Å². The molecule has 0 aliphatic heterocycles. The normalized spacial score (nSPS) is 25.2. The van der Waals surface area contributed by atoms with E-state index in [0.29, 0.717) is 6.10 Å². The van der Waals surface area contributed by atoms with Crippen LogP contribution in [0.1, 0.15) is 68.9 Å². The molecule has 7 rings (SSSR count). The summed E-state index contributed by atoms with van der Waals surface area (Å²) in [5.41, 5.74) is 7.87. The predicted molar refractivity (Wildman–Crippen MR) is 142 cm³/mol. The van der Waals surface area contributed by atoms with Crippen molar-refractivity contribution in [2.75, 3.05) is 0 Å². The summed E-state index contributed by atoms with van der Waals surface area (Å²) >= 11 is 1.60. The Hall–Kier alpha value is -2.39. The van der Waals surface area contributed by atoms with Crippen LogP contribution in [0, 0.1) is 11.8 Å². The van der Waals surface area contributed by atoms with Crippen LogP contribution in [0.4, 0.5) is 0 Å². The third kappa shape index (κ3) is 4.60. The first-order valence-corrected chi connectivity index (χ1v) is 14.2. The minimum Gasteiger partial charge on any atom is -0.491 e. The molecule has 1 heterocycles. The molecule has 2 fully saturated rings. The molecular formula is C31H35NOS. The third-order valence-electron chi connectivity index (χ3n) is 8.51. The molecule has 0 N–H and O–H groups in total. The van der Waals surface area contributed by atoms with Crippen molar-refractivity contribution in [2.24, 2.45) is 11.8 Å². The molecule has 0 amide bonds. The van der Waals surface area contributed by atoms with E-state index in [2.05, 4.69) is 47.5 Å². The number of ether oxygens (including phenoxy) is 1. The zero-order valence-corrected chi connectivity index (χ0v) is 20.9. The summed E-state index contributed by atoms with van der Waals surface area (Å²) in [6.07, 6.45) is 28.2. The Kier molecular flexibility index (Phi) is 6.55. The van der Waals surface area contributed by atoms with E-state index in [1.54, 1.807) is 34.2 Å². The topological polar surface area (TPSA) is 22.1 Å². The van der Waals surface area contributed by atoms with E-state index < -0.39 is 0 Å². The van der Waals surface area contributed by atoms with Gasteiger partial charge in [-0.3, -0.25) is 4.98 Å². The number of hydrogen-bond donors (Lipinski definition) is 0. The molecule has 5 aliphatic carbocycles. The van der Waals surface area contributed by atoms with Crippen molar-refractivity contribution in [3.63, 3.8) is 0 Å². The van der Waals surface area contributed by atoms with Gasteiger partial charge in [0, 0.05) is 11.6 Å². The van der Waals surface area contributed by atoms with Crippen molar-refractivity contribution < 1.29 is 4.74 Å². The van der Waals surface area contributed by atoms with Crippen LogP contribution in [0.25, 0.3) is 11.6 Å². The highest BCUT2D eigenvalue weighted by molar-refractivity contribution is 7.07. The van der Waals surface area contributed by atoms with Gasteiger partial charge in [-0.25, -0.2) is 0 Å². The lowest BCUT2D eigenvalue weighted by molar-refractivity contribution is 0.0505. The fourth-order valence-corrected chi connectivity index (χ4v) is 6.76. The Bertz CT molecular complexity index is 1200. The molecule has 176 valence electrons. The van der Waals surface area contributed by atoms with Gasteiger partial charge in [-0.2, -0.15) is 0 Å². The van der Waals surface area contributed by atoms with Crippen LogP contribution in [0.15, 0.2) is 64.9 Å². The van der Waals surface area contributed by atoms with Crippen LogP contribution >= 0.6 is 11.3 Å².